The highest BCUT2D eigenvalue weighted by Crippen LogP contribution is 2.42. The predicted molar refractivity (Wildman–Crippen MR) is 150 cm³/mol. The van der Waals surface area contributed by atoms with Gasteiger partial charge in [0, 0.05) is 42.7 Å². The summed E-state index contributed by atoms with van der Waals surface area (Å²) in [5, 5.41) is 0.377. The molecule has 0 bridgehead atoms. The van der Waals surface area contributed by atoms with Crippen molar-refractivity contribution >= 4 is 38.5 Å². The topological polar surface area (TPSA) is 112 Å². The summed E-state index contributed by atoms with van der Waals surface area (Å²) in [6, 6.07) is 9.88. The Morgan fingerprint density at radius 3 is 2.31 bits per heavy atom. The molecule has 2 amide bonds. The Labute approximate surface area is 239 Å². The van der Waals surface area contributed by atoms with Gasteiger partial charge in [0.1, 0.15) is 5.69 Å². The van der Waals surface area contributed by atoms with Crippen molar-refractivity contribution in [2.24, 2.45) is 0 Å². The van der Waals surface area contributed by atoms with E-state index in [-0.39, 0.29) is 35.1 Å². The molecule has 0 atom stereocenters. The van der Waals surface area contributed by atoms with Crippen LogP contribution in [0.1, 0.15) is 11.3 Å². The first-order valence-corrected chi connectivity index (χ1v) is 14.0. The van der Waals surface area contributed by atoms with Crippen LogP contribution in [0, 0.1) is 11.6 Å². The first kappa shape index (κ1) is 27.2. The molecule has 6 rings (SSSR count). The number of halogens is 2. The van der Waals surface area contributed by atoms with Gasteiger partial charge in [-0.2, -0.15) is 0 Å². The van der Waals surface area contributed by atoms with E-state index in [2.05, 4.69) is 9.97 Å². The number of aromatic nitrogens is 4. The number of urea groups is 1. The number of amides is 2. The van der Waals surface area contributed by atoms with Crippen LogP contribution >= 0.6 is 0 Å². The van der Waals surface area contributed by atoms with Gasteiger partial charge in [0.2, 0.25) is 0 Å². The van der Waals surface area contributed by atoms with Gasteiger partial charge in [0.05, 0.1) is 49.9 Å². The van der Waals surface area contributed by atoms with Crippen molar-refractivity contribution in [1.82, 2.24) is 18.5 Å². The quantitative estimate of drug-likeness (QED) is 0.275. The van der Waals surface area contributed by atoms with Gasteiger partial charge in [0.25, 0.3) is 10.0 Å². The number of ether oxygens (including phenoxy) is 2. The van der Waals surface area contributed by atoms with Crippen molar-refractivity contribution in [3.63, 3.8) is 0 Å². The lowest BCUT2D eigenvalue weighted by Gasteiger charge is -2.35. The molecule has 0 aliphatic carbocycles. The number of benzene rings is 2. The molecule has 0 fully saturated rings. The van der Waals surface area contributed by atoms with Crippen molar-refractivity contribution in [2.45, 2.75) is 18.0 Å². The molecule has 11 nitrogen and oxygen atoms in total. The maximum atomic E-state index is 15.4. The Kier molecular flexibility index (Phi) is 6.56. The van der Waals surface area contributed by atoms with Crippen LogP contribution in [0.15, 0.2) is 72.3 Å². The van der Waals surface area contributed by atoms with Crippen molar-refractivity contribution in [1.29, 1.82) is 0 Å². The first-order chi connectivity index (χ1) is 20.2. The number of anilines is 2. The van der Waals surface area contributed by atoms with Crippen LogP contribution in [0.25, 0.3) is 11.0 Å². The molecule has 14 heteroatoms. The third-order valence-corrected chi connectivity index (χ3v) is 8.85. The number of carbonyl (C=O) groups excluding carboxylic acids is 1. The third kappa shape index (κ3) is 4.13. The summed E-state index contributed by atoms with van der Waals surface area (Å²) in [4.78, 5) is 24.4. The smallest absolute Gasteiger partial charge is 0.329 e. The van der Waals surface area contributed by atoms with Gasteiger partial charge in [-0.05, 0) is 18.2 Å². The normalized spacial score (nSPS) is 13.5. The average Bonchev–Trinajstić information content (AvgIpc) is 3.64. The fourth-order valence-corrected chi connectivity index (χ4v) is 6.66. The maximum Gasteiger partial charge on any atom is 0.329 e. The van der Waals surface area contributed by atoms with E-state index in [0.717, 1.165) is 14.9 Å². The lowest BCUT2D eigenvalue weighted by atomic mass is 10.1. The molecule has 0 unspecified atom stereocenters. The van der Waals surface area contributed by atoms with Crippen LogP contribution in [0.5, 0.6) is 11.5 Å². The standard InChI is InChI=1S/C28H24F2N6O5S/c1-33-25-17(14-35(28(33)37)26-23(29)21(40-2)12-22(41-3)24(26)30)13-32-27-20(25)11-18(15-34-10-9-31-16-34)36(27)42(38,39)19-7-5-4-6-8-19/h4-13,16H,14-15H2,1-3H3. The Morgan fingerprint density at radius 2 is 1.69 bits per heavy atom. The molecule has 0 spiro atoms. The molecular weight excluding hydrogens is 570 g/mol. The number of nitrogens with zero attached hydrogens (tertiary/aromatic N) is 6. The molecule has 5 aromatic rings. The molecule has 1 aliphatic heterocycles. The highest BCUT2D eigenvalue weighted by molar-refractivity contribution is 7.90. The van der Waals surface area contributed by atoms with E-state index in [4.69, 9.17) is 9.47 Å². The minimum atomic E-state index is -4.11. The van der Waals surface area contributed by atoms with Crippen molar-refractivity contribution in [3.8, 4) is 11.5 Å². The molecule has 0 saturated heterocycles. The second kappa shape index (κ2) is 10.1. The molecule has 0 saturated carbocycles. The third-order valence-electron chi connectivity index (χ3n) is 7.09. The zero-order valence-corrected chi connectivity index (χ0v) is 23.5. The number of pyridine rings is 1. The van der Waals surface area contributed by atoms with Gasteiger partial charge in [0.15, 0.2) is 28.8 Å². The zero-order chi connectivity index (χ0) is 29.8. The van der Waals surface area contributed by atoms with Crippen molar-refractivity contribution < 1.29 is 31.5 Å². The Morgan fingerprint density at radius 1 is 1.00 bits per heavy atom. The van der Waals surface area contributed by atoms with E-state index in [1.54, 1.807) is 47.6 Å². The van der Waals surface area contributed by atoms with E-state index >= 15 is 8.78 Å². The Balaban J connectivity index is 1.55. The number of methoxy groups -OCH3 is 2. The summed E-state index contributed by atoms with van der Waals surface area (Å²) in [7, 11) is -0.237. The lowest BCUT2D eigenvalue weighted by molar-refractivity contribution is 0.250. The SMILES string of the molecule is COc1cc(OC)c(F)c(N2Cc3cnc4c(cc(Cn5ccnc5)n4S(=O)(=O)c4ccccc4)c3N(C)C2=O)c1F. The number of rotatable bonds is 7. The second-order valence-corrected chi connectivity index (χ2v) is 11.3. The molecule has 42 heavy (non-hydrogen) atoms. The van der Waals surface area contributed by atoms with Crippen LogP contribution in [0.4, 0.5) is 25.0 Å². The maximum absolute atomic E-state index is 15.4. The van der Waals surface area contributed by atoms with Gasteiger partial charge in [-0.25, -0.2) is 35.9 Å². The first-order valence-electron chi connectivity index (χ1n) is 12.6. The molecule has 1 aliphatic rings. The van der Waals surface area contributed by atoms with Crippen LogP contribution in [0.3, 0.4) is 0 Å². The van der Waals surface area contributed by atoms with Crippen LogP contribution in [-0.2, 0) is 23.1 Å². The highest BCUT2D eigenvalue weighted by atomic mass is 32.2. The summed E-state index contributed by atoms with van der Waals surface area (Å²) in [5.74, 6) is -2.74. The highest BCUT2D eigenvalue weighted by Gasteiger charge is 2.37. The Bertz CT molecular complexity index is 1920. The molecule has 3 aromatic heterocycles. The van der Waals surface area contributed by atoms with Gasteiger partial charge in [-0.15, -0.1) is 0 Å². The van der Waals surface area contributed by atoms with Crippen molar-refractivity contribution in [3.05, 3.63) is 90.3 Å². The minimum absolute atomic E-state index is 0.0578. The number of imidazole rings is 1. The molecule has 4 heterocycles. The van der Waals surface area contributed by atoms with E-state index in [1.807, 2.05) is 0 Å². The monoisotopic (exact) mass is 594 g/mol. The molecule has 2 aromatic carbocycles. The van der Waals surface area contributed by atoms with Crippen LogP contribution in [0.2, 0.25) is 0 Å². The van der Waals surface area contributed by atoms with Gasteiger partial charge in [-0.1, -0.05) is 18.2 Å². The number of hydrogen-bond donors (Lipinski definition) is 0. The number of carbonyl (C=O) groups is 1. The van der Waals surface area contributed by atoms with Crippen molar-refractivity contribution in [2.75, 3.05) is 31.1 Å². The fourth-order valence-electron chi connectivity index (χ4n) is 5.16. The van der Waals surface area contributed by atoms with E-state index < -0.39 is 33.4 Å². The summed E-state index contributed by atoms with van der Waals surface area (Å²) in [5.41, 5.74) is 0.630. The predicted octanol–water partition coefficient (Wildman–Crippen LogP) is 4.39. The fraction of sp³-hybridized carbons (Fsp3) is 0.179. The molecule has 0 radical (unpaired) electrons. The number of fused-ring (bicyclic) bond motifs is 3. The van der Waals surface area contributed by atoms with E-state index in [9.17, 15) is 13.2 Å². The van der Waals surface area contributed by atoms with E-state index in [0.29, 0.717) is 22.3 Å². The summed E-state index contributed by atoms with van der Waals surface area (Å²) < 4.78 is 71.5. The average molecular weight is 595 g/mol. The van der Waals surface area contributed by atoms with Gasteiger partial charge < -0.3 is 14.0 Å². The molecule has 0 N–H and O–H groups in total. The largest absolute Gasteiger partial charge is 0.493 e. The second-order valence-electron chi connectivity index (χ2n) is 9.51. The summed E-state index contributed by atoms with van der Waals surface area (Å²) >= 11 is 0. The van der Waals surface area contributed by atoms with E-state index in [1.165, 1.54) is 44.5 Å². The minimum Gasteiger partial charge on any atom is -0.493 e. The van der Waals surface area contributed by atoms with Gasteiger partial charge >= 0.3 is 6.03 Å². The molecule has 216 valence electrons. The van der Waals surface area contributed by atoms with Crippen LogP contribution < -0.4 is 19.3 Å². The van der Waals surface area contributed by atoms with Gasteiger partial charge in [-0.3, -0.25) is 9.80 Å². The summed E-state index contributed by atoms with van der Waals surface area (Å²) in [6.07, 6.45) is 6.22. The Hall–Kier alpha value is -4.98. The van der Waals surface area contributed by atoms with Crippen LogP contribution in [-0.4, -0.2) is 54.2 Å². The number of hydrogen-bond acceptors (Lipinski definition) is 7. The lowest BCUT2D eigenvalue weighted by Crippen LogP contribution is -2.46. The zero-order valence-electron chi connectivity index (χ0n) is 22.7. The summed E-state index contributed by atoms with van der Waals surface area (Å²) in [6.45, 7) is -0.111. The molecular formula is C28H24F2N6O5S.